The minimum absolute atomic E-state index is 0.632. The highest BCUT2D eigenvalue weighted by molar-refractivity contribution is 7.90. The Bertz CT molecular complexity index is 600. The van der Waals surface area contributed by atoms with Gasteiger partial charge in [0.2, 0.25) is 0 Å². The molecule has 0 aliphatic heterocycles. The lowest BCUT2D eigenvalue weighted by atomic mass is 10.1. The van der Waals surface area contributed by atoms with Gasteiger partial charge in [-0.15, -0.1) is 0 Å². The molecule has 0 amide bonds. The van der Waals surface area contributed by atoms with Crippen LogP contribution in [0, 0.1) is 0 Å². The molecule has 1 aromatic rings. The SMILES string of the molecule is CS(=O)(=O)c1ccc(C(=O)O)c(O)c1C(=O)O. The van der Waals surface area contributed by atoms with Crippen molar-refractivity contribution in [1.29, 1.82) is 0 Å². The van der Waals surface area contributed by atoms with Gasteiger partial charge in [-0.05, 0) is 12.1 Å². The van der Waals surface area contributed by atoms with Crippen LogP contribution >= 0.6 is 0 Å². The van der Waals surface area contributed by atoms with Crippen LogP contribution in [0.1, 0.15) is 20.7 Å². The van der Waals surface area contributed by atoms with Crippen molar-refractivity contribution in [2.75, 3.05) is 6.26 Å². The Kier molecular flexibility index (Phi) is 3.10. The van der Waals surface area contributed by atoms with Crippen LogP contribution in [-0.4, -0.2) is 41.9 Å². The van der Waals surface area contributed by atoms with Gasteiger partial charge in [0, 0.05) is 6.26 Å². The average molecular weight is 260 g/mol. The molecular formula is C9H8O7S. The van der Waals surface area contributed by atoms with Crippen molar-refractivity contribution >= 4 is 21.8 Å². The summed E-state index contributed by atoms with van der Waals surface area (Å²) in [5.41, 5.74) is -1.61. The third-order valence-electron chi connectivity index (χ3n) is 1.98. The van der Waals surface area contributed by atoms with Gasteiger partial charge >= 0.3 is 11.9 Å². The predicted molar refractivity (Wildman–Crippen MR) is 55.1 cm³/mol. The third kappa shape index (κ3) is 2.36. The van der Waals surface area contributed by atoms with Crippen LogP contribution in [0.15, 0.2) is 17.0 Å². The molecule has 0 saturated carbocycles. The summed E-state index contributed by atoms with van der Waals surface area (Å²) in [5, 5.41) is 26.9. The zero-order chi connectivity index (χ0) is 13.4. The number of hydrogen-bond acceptors (Lipinski definition) is 5. The standard InChI is InChI=1S/C9H8O7S/c1-17(15,16)5-3-2-4(8(11)12)7(10)6(5)9(13)14/h2-3,10H,1H3,(H,11,12)(H,13,14). The fourth-order valence-corrected chi connectivity index (χ4v) is 2.13. The normalized spacial score (nSPS) is 11.1. The molecule has 8 heteroatoms. The van der Waals surface area contributed by atoms with Crippen molar-refractivity contribution in [1.82, 2.24) is 0 Å². The van der Waals surface area contributed by atoms with Crippen molar-refractivity contribution < 1.29 is 33.3 Å². The molecule has 0 spiro atoms. The van der Waals surface area contributed by atoms with Crippen molar-refractivity contribution in [2.24, 2.45) is 0 Å². The first kappa shape index (κ1) is 13.0. The molecule has 7 nitrogen and oxygen atoms in total. The van der Waals surface area contributed by atoms with Crippen LogP contribution < -0.4 is 0 Å². The zero-order valence-electron chi connectivity index (χ0n) is 8.54. The lowest BCUT2D eigenvalue weighted by molar-refractivity contribution is 0.0687. The second kappa shape index (κ2) is 4.06. The van der Waals surface area contributed by atoms with E-state index >= 15 is 0 Å². The third-order valence-corrected chi connectivity index (χ3v) is 3.12. The van der Waals surface area contributed by atoms with Crippen LogP contribution in [0.4, 0.5) is 0 Å². The Morgan fingerprint density at radius 3 is 2.00 bits per heavy atom. The first-order valence-corrected chi connectivity index (χ1v) is 6.08. The maximum Gasteiger partial charge on any atom is 0.340 e. The Balaban J connectivity index is 3.75. The van der Waals surface area contributed by atoms with E-state index in [1.54, 1.807) is 0 Å². The smallest absolute Gasteiger partial charge is 0.340 e. The first-order chi connectivity index (χ1) is 7.66. The van der Waals surface area contributed by atoms with E-state index in [0.29, 0.717) is 0 Å². The van der Waals surface area contributed by atoms with Gasteiger partial charge in [-0.1, -0.05) is 0 Å². The van der Waals surface area contributed by atoms with E-state index in [0.717, 1.165) is 18.4 Å². The molecule has 0 aromatic heterocycles. The Morgan fingerprint density at radius 2 is 1.65 bits per heavy atom. The first-order valence-electron chi connectivity index (χ1n) is 4.19. The molecule has 0 aliphatic carbocycles. The highest BCUT2D eigenvalue weighted by atomic mass is 32.2. The van der Waals surface area contributed by atoms with E-state index in [2.05, 4.69) is 0 Å². The van der Waals surface area contributed by atoms with E-state index in [4.69, 9.17) is 10.2 Å². The lowest BCUT2D eigenvalue weighted by Gasteiger charge is -2.08. The molecule has 0 atom stereocenters. The Morgan fingerprint density at radius 1 is 1.12 bits per heavy atom. The maximum absolute atomic E-state index is 11.3. The largest absolute Gasteiger partial charge is 0.506 e. The van der Waals surface area contributed by atoms with Crippen molar-refractivity contribution in [3.05, 3.63) is 23.3 Å². The summed E-state index contributed by atoms with van der Waals surface area (Å²) >= 11 is 0. The number of aromatic carboxylic acids is 2. The topological polar surface area (TPSA) is 129 Å². The van der Waals surface area contributed by atoms with Crippen molar-refractivity contribution in [2.45, 2.75) is 4.90 Å². The summed E-state index contributed by atoms with van der Waals surface area (Å²) < 4.78 is 22.5. The van der Waals surface area contributed by atoms with E-state index in [1.807, 2.05) is 0 Å². The zero-order valence-corrected chi connectivity index (χ0v) is 9.35. The van der Waals surface area contributed by atoms with Crippen LogP contribution in [0.2, 0.25) is 0 Å². The summed E-state index contributed by atoms with van der Waals surface area (Å²) in [4.78, 5) is 20.9. The van der Waals surface area contributed by atoms with Crippen LogP contribution in [0.25, 0.3) is 0 Å². The van der Waals surface area contributed by atoms with Gasteiger partial charge in [0.25, 0.3) is 0 Å². The predicted octanol–water partition coefficient (Wildman–Crippen LogP) is 0.192. The number of phenols is 1. The molecule has 92 valence electrons. The van der Waals surface area contributed by atoms with Gasteiger partial charge in [0.15, 0.2) is 9.84 Å². The van der Waals surface area contributed by atoms with E-state index in [-0.39, 0.29) is 0 Å². The fourth-order valence-electron chi connectivity index (χ4n) is 1.26. The number of carboxylic acid groups (broad SMARTS) is 2. The highest BCUT2D eigenvalue weighted by Gasteiger charge is 2.26. The van der Waals surface area contributed by atoms with Crippen LogP contribution in [0.5, 0.6) is 5.75 Å². The van der Waals surface area contributed by atoms with E-state index in [9.17, 15) is 23.1 Å². The molecule has 0 aliphatic rings. The second-order valence-corrected chi connectivity index (χ2v) is 5.20. The molecule has 0 fully saturated rings. The molecule has 0 bridgehead atoms. The highest BCUT2D eigenvalue weighted by Crippen LogP contribution is 2.29. The minimum atomic E-state index is -3.88. The molecular weight excluding hydrogens is 252 g/mol. The van der Waals surface area contributed by atoms with Gasteiger partial charge in [-0.3, -0.25) is 0 Å². The monoisotopic (exact) mass is 260 g/mol. The van der Waals surface area contributed by atoms with Crippen LogP contribution in [-0.2, 0) is 9.84 Å². The van der Waals surface area contributed by atoms with Crippen molar-refractivity contribution in [3.63, 3.8) is 0 Å². The Labute approximate surface area is 95.9 Å². The minimum Gasteiger partial charge on any atom is -0.506 e. The summed E-state index contributed by atoms with van der Waals surface area (Å²) in [6.45, 7) is 0. The number of sulfone groups is 1. The van der Waals surface area contributed by atoms with Gasteiger partial charge in [-0.2, -0.15) is 0 Å². The molecule has 17 heavy (non-hydrogen) atoms. The summed E-state index contributed by atoms with van der Waals surface area (Å²) in [6, 6.07) is 1.67. The van der Waals surface area contributed by atoms with E-state index in [1.165, 1.54) is 0 Å². The fraction of sp³-hybridized carbons (Fsp3) is 0.111. The molecule has 0 unspecified atom stereocenters. The quantitative estimate of drug-likeness (QED) is 0.707. The van der Waals surface area contributed by atoms with Gasteiger partial charge in [-0.25, -0.2) is 18.0 Å². The number of aromatic hydroxyl groups is 1. The van der Waals surface area contributed by atoms with Crippen molar-refractivity contribution in [3.8, 4) is 5.75 Å². The number of carbonyl (C=O) groups is 2. The number of hydrogen-bond donors (Lipinski definition) is 3. The molecule has 3 N–H and O–H groups in total. The average Bonchev–Trinajstić information content (AvgIpc) is 2.14. The maximum atomic E-state index is 11.3. The van der Waals surface area contributed by atoms with Gasteiger partial charge in [0.05, 0.1) is 4.90 Å². The number of rotatable bonds is 3. The second-order valence-electron chi connectivity index (χ2n) is 3.22. The molecule has 1 aromatic carbocycles. The summed E-state index contributed by atoms with van der Waals surface area (Å²) in [6.07, 6.45) is 0.759. The van der Waals surface area contributed by atoms with Crippen LogP contribution in [0.3, 0.4) is 0 Å². The lowest BCUT2D eigenvalue weighted by Crippen LogP contribution is -2.10. The molecule has 0 heterocycles. The molecule has 0 radical (unpaired) electrons. The van der Waals surface area contributed by atoms with E-state index < -0.39 is 43.5 Å². The van der Waals surface area contributed by atoms with Gasteiger partial charge < -0.3 is 15.3 Å². The molecule has 1 rings (SSSR count). The Hall–Kier alpha value is -2.09. The number of carboxylic acids is 2. The van der Waals surface area contributed by atoms with Gasteiger partial charge in [0.1, 0.15) is 16.9 Å². The summed E-state index contributed by atoms with van der Waals surface area (Å²) in [7, 11) is -3.88. The molecule has 0 saturated heterocycles. The number of benzene rings is 1. The summed E-state index contributed by atoms with van der Waals surface area (Å²) in [5.74, 6) is -4.34.